The van der Waals surface area contributed by atoms with Crippen LogP contribution in [0.25, 0.3) is 44.1 Å². The predicted octanol–water partition coefficient (Wildman–Crippen LogP) is 13.8. The number of nitrogens with one attached hydrogen (secondary N) is 2. The van der Waals surface area contributed by atoms with E-state index in [0.717, 1.165) is 59.4 Å². The zero-order valence-electron chi connectivity index (χ0n) is 40.0. The summed E-state index contributed by atoms with van der Waals surface area (Å²) in [6, 6.07) is 9.64. The minimum atomic E-state index is -5.49. The first-order valence-electron chi connectivity index (χ1n) is 22.9. The maximum absolute atomic E-state index is 15.4. The summed E-state index contributed by atoms with van der Waals surface area (Å²) in [5.74, 6) is -5.81. The van der Waals surface area contributed by atoms with Crippen molar-refractivity contribution in [1.29, 1.82) is 0 Å². The van der Waals surface area contributed by atoms with E-state index in [0.29, 0.717) is 0 Å². The van der Waals surface area contributed by atoms with Crippen molar-refractivity contribution in [3.05, 3.63) is 120 Å². The first-order valence-corrected chi connectivity index (χ1v) is 25.9. The molecule has 4 aromatic carbocycles. The van der Waals surface area contributed by atoms with E-state index >= 15 is 13.2 Å². The van der Waals surface area contributed by atoms with Gasteiger partial charge in [-0.15, -0.1) is 0 Å². The summed E-state index contributed by atoms with van der Waals surface area (Å²) < 4.78 is 264. The molecule has 402 valence electrons. The Balaban J connectivity index is 1.17. The molecular formula is C50H48F14N4O4S2. The van der Waals surface area contributed by atoms with Crippen LogP contribution < -0.4 is 9.44 Å². The van der Waals surface area contributed by atoms with Crippen LogP contribution >= 0.6 is 0 Å². The van der Waals surface area contributed by atoms with Crippen molar-refractivity contribution in [1.82, 2.24) is 18.6 Å². The van der Waals surface area contributed by atoms with Crippen molar-refractivity contribution in [2.24, 2.45) is 22.7 Å². The van der Waals surface area contributed by atoms with Gasteiger partial charge in [-0.2, -0.15) is 62.1 Å². The molecule has 6 aromatic rings. The molecule has 0 bridgehead atoms. The van der Waals surface area contributed by atoms with Crippen molar-refractivity contribution in [3.63, 3.8) is 0 Å². The first kappa shape index (κ1) is 55.0. The highest BCUT2D eigenvalue weighted by atomic mass is 32.2. The van der Waals surface area contributed by atoms with Crippen LogP contribution in [-0.2, 0) is 45.5 Å². The Morgan fingerprint density at radius 3 is 1.36 bits per heavy atom. The summed E-state index contributed by atoms with van der Waals surface area (Å²) in [4.78, 5) is 0. The number of sulfonamides is 2. The van der Waals surface area contributed by atoms with E-state index in [4.69, 9.17) is 0 Å². The Kier molecular flexibility index (Phi) is 13.4. The lowest BCUT2D eigenvalue weighted by Gasteiger charge is -2.27. The lowest BCUT2D eigenvalue weighted by atomic mass is 9.86. The van der Waals surface area contributed by atoms with Gasteiger partial charge in [0.1, 0.15) is 17.3 Å². The van der Waals surface area contributed by atoms with Gasteiger partial charge in [0.2, 0.25) is 20.0 Å². The van der Waals surface area contributed by atoms with Crippen LogP contribution in [-0.4, -0.2) is 54.7 Å². The summed E-state index contributed by atoms with van der Waals surface area (Å²) in [7, 11) is -10.4. The fourth-order valence-electron chi connectivity index (χ4n) is 10.4. The third-order valence-electron chi connectivity index (χ3n) is 13.7. The molecule has 0 amide bonds. The second-order valence-electron chi connectivity index (χ2n) is 21.1. The molecule has 0 saturated heterocycles. The standard InChI is InChI=1S/C50H48F14N4O4S2/c1-26-40(41(26)74(71,72)66-43(50(62,63)64)33-22-67(24-44(2,3)4)37-19-27(15-17-31(33)37)29-11-7-9-13-35(29)47(53,54)55)45(5,6)25-68-23-34(42(49(59,60)61)65-73(69,70)39-21-46(39,51)52)32-18-16-28(20-38(32)68)30-12-8-10-14-36(30)48(56,57)58/h7-20,22-23,26,39-43,65-66H,21,24-25H2,1-6H3/t26-,39?,40?,41+,42-,43-/m0/s1. The van der Waals surface area contributed by atoms with Gasteiger partial charge < -0.3 is 9.13 Å². The number of rotatable bonds is 14. The van der Waals surface area contributed by atoms with Gasteiger partial charge in [-0.25, -0.2) is 25.6 Å². The highest BCUT2D eigenvalue weighted by molar-refractivity contribution is 7.90. The molecule has 2 fully saturated rings. The number of hydrogen-bond acceptors (Lipinski definition) is 4. The van der Waals surface area contributed by atoms with E-state index in [1.165, 1.54) is 72.5 Å². The maximum atomic E-state index is 15.4. The number of hydrogen-bond donors (Lipinski definition) is 2. The summed E-state index contributed by atoms with van der Waals surface area (Å²) in [5, 5.41) is -4.55. The molecule has 2 N–H and O–H groups in total. The monoisotopic (exact) mass is 1100 g/mol. The van der Waals surface area contributed by atoms with Crippen LogP contribution in [0.15, 0.2) is 97.3 Å². The van der Waals surface area contributed by atoms with Crippen LogP contribution in [0.5, 0.6) is 0 Å². The van der Waals surface area contributed by atoms with E-state index in [-0.39, 0.29) is 45.0 Å². The number of aromatic nitrogens is 2. The van der Waals surface area contributed by atoms with E-state index in [1.807, 2.05) is 4.72 Å². The van der Waals surface area contributed by atoms with Gasteiger partial charge in [0, 0.05) is 64.8 Å². The van der Waals surface area contributed by atoms with Crippen LogP contribution in [0, 0.1) is 22.7 Å². The topological polar surface area (TPSA) is 102 Å². The summed E-state index contributed by atoms with van der Waals surface area (Å²) in [5.41, 5.74) is -6.46. The summed E-state index contributed by atoms with van der Waals surface area (Å²) in [6.45, 7) is 9.22. The number of nitrogens with zero attached hydrogens (tertiary/aromatic N) is 2. The Bertz CT molecular complexity index is 3370. The summed E-state index contributed by atoms with van der Waals surface area (Å²) in [6.07, 6.45) is -19.8. The average Bonchev–Trinajstić information content (AvgIpc) is 4.06. The van der Waals surface area contributed by atoms with Gasteiger partial charge in [-0.1, -0.05) is 102 Å². The zero-order valence-corrected chi connectivity index (χ0v) is 41.6. The minimum Gasteiger partial charge on any atom is -0.347 e. The van der Waals surface area contributed by atoms with Crippen molar-refractivity contribution >= 4 is 41.9 Å². The number of alkyl halides is 14. The van der Waals surface area contributed by atoms with Gasteiger partial charge in [-0.05, 0) is 69.2 Å². The lowest BCUT2D eigenvalue weighted by Crippen LogP contribution is -2.41. The molecule has 2 aromatic heterocycles. The van der Waals surface area contributed by atoms with Gasteiger partial charge in [0.15, 0.2) is 0 Å². The molecule has 74 heavy (non-hydrogen) atoms. The molecular weight excluding hydrogens is 1050 g/mol. The van der Waals surface area contributed by atoms with Crippen LogP contribution in [0.4, 0.5) is 61.5 Å². The average molecular weight is 1100 g/mol. The minimum absolute atomic E-state index is 0.0225. The van der Waals surface area contributed by atoms with Gasteiger partial charge >= 0.3 is 24.7 Å². The van der Waals surface area contributed by atoms with Crippen molar-refractivity contribution < 1.29 is 78.3 Å². The molecule has 8 nitrogen and oxygen atoms in total. The molecule has 8 rings (SSSR count). The fraction of sp³-hybridized carbons (Fsp3) is 0.440. The lowest BCUT2D eigenvalue weighted by molar-refractivity contribution is -0.153. The van der Waals surface area contributed by atoms with Crippen LogP contribution in [0.3, 0.4) is 0 Å². The first-order chi connectivity index (χ1) is 33.7. The van der Waals surface area contributed by atoms with Gasteiger partial charge in [0.05, 0.1) is 16.4 Å². The molecule has 0 radical (unpaired) electrons. The van der Waals surface area contributed by atoms with Gasteiger partial charge in [-0.3, -0.25) is 0 Å². The maximum Gasteiger partial charge on any atom is 0.417 e. The Morgan fingerprint density at radius 1 is 0.595 bits per heavy atom. The van der Waals surface area contributed by atoms with Crippen molar-refractivity contribution in [3.8, 4) is 22.3 Å². The smallest absolute Gasteiger partial charge is 0.347 e. The second-order valence-corrected chi connectivity index (χ2v) is 24.9. The molecule has 2 heterocycles. The molecule has 2 aliphatic carbocycles. The second kappa shape index (κ2) is 18.0. The molecule has 2 aliphatic rings. The zero-order chi connectivity index (χ0) is 54.9. The quantitative estimate of drug-likeness (QED) is 0.106. The molecule has 0 aliphatic heterocycles. The predicted molar refractivity (Wildman–Crippen MR) is 249 cm³/mol. The fourth-order valence-corrected chi connectivity index (χ4v) is 14.4. The highest BCUT2D eigenvalue weighted by Gasteiger charge is 2.66. The van der Waals surface area contributed by atoms with E-state index in [1.54, 1.807) is 20.8 Å². The van der Waals surface area contributed by atoms with Crippen molar-refractivity contribution in [2.45, 2.75) is 114 Å². The third kappa shape index (κ3) is 10.8. The van der Waals surface area contributed by atoms with Crippen LogP contribution in [0.1, 0.15) is 82.3 Å². The SMILES string of the molecule is C[C@H]1C(C(C)(C)Cn2cc([C@H](NS(=O)(=O)C3CC3(F)F)C(F)(F)F)c3ccc(-c4ccccc4C(F)(F)F)cc32)[C@@H]1S(=O)(=O)N[C@@H](c1cn(CC(C)(C)C)c2cc(-c3ccccc3C(F)(F)F)ccc12)C(F)(F)F. The van der Waals surface area contributed by atoms with E-state index < -0.39 is 137 Å². The van der Waals surface area contributed by atoms with Crippen LogP contribution in [0.2, 0.25) is 0 Å². The normalized spacial score (nSPS) is 20.8. The number of benzene rings is 4. The molecule has 2 saturated carbocycles. The van der Waals surface area contributed by atoms with Gasteiger partial charge in [0.25, 0.3) is 5.92 Å². The van der Waals surface area contributed by atoms with E-state index in [9.17, 15) is 65.1 Å². The Labute approximate surface area is 416 Å². The highest BCUT2D eigenvalue weighted by Crippen LogP contribution is 2.57. The van der Waals surface area contributed by atoms with E-state index in [2.05, 4.69) is 0 Å². The Morgan fingerprint density at radius 2 is 0.986 bits per heavy atom. The molecule has 2 unspecified atom stereocenters. The number of halogens is 14. The summed E-state index contributed by atoms with van der Waals surface area (Å²) >= 11 is 0. The number of fused-ring (bicyclic) bond motifs is 2. The largest absolute Gasteiger partial charge is 0.417 e. The van der Waals surface area contributed by atoms with Crippen molar-refractivity contribution in [2.75, 3.05) is 0 Å². The molecule has 6 atom stereocenters. The Hall–Kier alpha value is -5.20. The third-order valence-corrected chi connectivity index (χ3v) is 17.5. The molecule has 24 heteroatoms. The molecule has 0 spiro atoms.